The predicted molar refractivity (Wildman–Crippen MR) is 76.7 cm³/mol. The molecule has 6 heteroatoms. The summed E-state index contributed by atoms with van der Waals surface area (Å²) in [6.45, 7) is 4.11. The highest BCUT2D eigenvalue weighted by molar-refractivity contribution is 5.95. The highest BCUT2D eigenvalue weighted by Crippen LogP contribution is 2.19. The van der Waals surface area contributed by atoms with Crippen molar-refractivity contribution in [1.82, 2.24) is 5.32 Å². The summed E-state index contributed by atoms with van der Waals surface area (Å²) in [5.74, 6) is -0.233. The van der Waals surface area contributed by atoms with Gasteiger partial charge in [0, 0.05) is 17.8 Å². The number of carbonyl (C=O) groups excluding carboxylic acids is 1. The third-order valence-electron chi connectivity index (χ3n) is 2.68. The lowest BCUT2D eigenvalue weighted by Crippen LogP contribution is -2.22. The van der Waals surface area contributed by atoms with Crippen LogP contribution in [0.25, 0.3) is 0 Å². The van der Waals surface area contributed by atoms with Crippen molar-refractivity contribution in [2.45, 2.75) is 13.8 Å². The Labute approximate surface area is 122 Å². The van der Waals surface area contributed by atoms with Crippen molar-refractivity contribution in [1.29, 1.82) is 15.8 Å². The first-order valence-corrected chi connectivity index (χ1v) is 6.17. The highest BCUT2D eigenvalue weighted by atomic mass is 16.1. The standard InChI is InChI=1S/C15H13N5O/c1-3-19-15(21)11-5-4-10(2)13(6-11)20-14(9-18)12(7-16)8-17/h4-6,20H,3H2,1-2H3,(H,19,21). The third kappa shape index (κ3) is 3.83. The number of aryl methyl sites for hydroxylation is 1. The maximum absolute atomic E-state index is 11.8. The van der Waals surface area contributed by atoms with Gasteiger partial charge in [0.1, 0.15) is 23.9 Å². The number of amides is 1. The van der Waals surface area contributed by atoms with Gasteiger partial charge in [0.05, 0.1) is 0 Å². The van der Waals surface area contributed by atoms with Crippen LogP contribution in [0.4, 0.5) is 5.69 Å². The summed E-state index contributed by atoms with van der Waals surface area (Å²) in [6.07, 6.45) is 0. The molecular weight excluding hydrogens is 266 g/mol. The van der Waals surface area contributed by atoms with Gasteiger partial charge in [-0.3, -0.25) is 4.79 Å². The van der Waals surface area contributed by atoms with Crippen molar-refractivity contribution >= 4 is 11.6 Å². The first-order valence-electron chi connectivity index (χ1n) is 6.17. The Morgan fingerprint density at radius 3 is 2.38 bits per heavy atom. The molecule has 6 nitrogen and oxygen atoms in total. The molecular formula is C15H13N5O. The minimum atomic E-state index is -0.305. The van der Waals surface area contributed by atoms with Crippen LogP contribution in [0.2, 0.25) is 0 Å². The quantitative estimate of drug-likeness (QED) is 0.818. The zero-order chi connectivity index (χ0) is 15.8. The largest absolute Gasteiger partial charge is 0.352 e. The highest BCUT2D eigenvalue weighted by Gasteiger charge is 2.11. The Morgan fingerprint density at radius 2 is 1.86 bits per heavy atom. The zero-order valence-corrected chi connectivity index (χ0v) is 11.7. The van der Waals surface area contributed by atoms with Crippen LogP contribution in [-0.4, -0.2) is 12.5 Å². The van der Waals surface area contributed by atoms with Gasteiger partial charge in [-0.05, 0) is 31.5 Å². The molecule has 0 bridgehead atoms. The van der Waals surface area contributed by atoms with Gasteiger partial charge < -0.3 is 10.6 Å². The van der Waals surface area contributed by atoms with E-state index < -0.39 is 0 Å². The van der Waals surface area contributed by atoms with E-state index in [0.717, 1.165) is 5.56 Å². The molecule has 0 radical (unpaired) electrons. The average Bonchev–Trinajstić information content (AvgIpc) is 2.49. The van der Waals surface area contributed by atoms with Gasteiger partial charge in [0.15, 0.2) is 5.57 Å². The molecule has 104 valence electrons. The van der Waals surface area contributed by atoms with Crippen molar-refractivity contribution in [3.63, 3.8) is 0 Å². The summed E-state index contributed by atoms with van der Waals surface area (Å²) in [7, 11) is 0. The molecule has 0 aliphatic heterocycles. The second-order valence-electron chi connectivity index (χ2n) is 4.10. The minimum Gasteiger partial charge on any atom is -0.352 e. The fourth-order valence-electron chi connectivity index (χ4n) is 1.58. The molecule has 21 heavy (non-hydrogen) atoms. The smallest absolute Gasteiger partial charge is 0.251 e. The number of benzene rings is 1. The third-order valence-corrected chi connectivity index (χ3v) is 2.68. The molecule has 0 saturated carbocycles. The number of hydrogen-bond donors (Lipinski definition) is 2. The summed E-state index contributed by atoms with van der Waals surface area (Å²) >= 11 is 0. The van der Waals surface area contributed by atoms with Crippen molar-refractivity contribution in [3.05, 3.63) is 40.6 Å². The molecule has 0 atom stereocenters. The molecule has 2 N–H and O–H groups in total. The minimum absolute atomic E-state index is 0.142. The molecule has 1 amide bonds. The lowest BCUT2D eigenvalue weighted by atomic mass is 10.1. The Balaban J connectivity index is 3.21. The Morgan fingerprint density at radius 1 is 1.19 bits per heavy atom. The van der Waals surface area contributed by atoms with Crippen LogP contribution in [0.1, 0.15) is 22.8 Å². The fourth-order valence-corrected chi connectivity index (χ4v) is 1.58. The zero-order valence-electron chi connectivity index (χ0n) is 11.7. The number of anilines is 1. The Kier molecular flexibility index (Phi) is 5.50. The second-order valence-corrected chi connectivity index (χ2v) is 4.10. The van der Waals surface area contributed by atoms with E-state index >= 15 is 0 Å². The number of allylic oxidation sites excluding steroid dienone is 2. The molecule has 1 rings (SSSR count). The molecule has 1 aromatic carbocycles. The van der Waals surface area contributed by atoms with E-state index in [2.05, 4.69) is 10.6 Å². The van der Waals surface area contributed by atoms with Crippen LogP contribution in [0, 0.1) is 40.9 Å². The number of hydrogen-bond acceptors (Lipinski definition) is 5. The Bertz CT molecular complexity index is 697. The lowest BCUT2D eigenvalue weighted by molar-refractivity contribution is 0.0956. The monoisotopic (exact) mass is 279 g/mol. The van der Waals surface area contributed by atoms with Crippen molar-refractivity contribution in [2.24, 2.45) is 0 Å². The molecule has 0 spiro atoms. The van der Waals surface area contributed by atoms with E-state index in [1.807, 2.05) is 6.92 Å². The van der Waals surface area contributed by atoms with Gasteiger partial charge in [-0.1, -0.05) is 6.07 Å². The van der Waals surface area contributed by atoms with Crippen LogP contribution in [0.3, 0.4) is 0 Å². The summed E-state index contributed by atoms with van der Waals surface area (Å²) in [5.41, 5.74) is 1.26. The molecule has 0 unspecified atom stereocenters. The SMILES string of the molecule is CCNC(=O)c1ccc(C)c(NC(C#N)=C(C#N)C#N)c1. The van der Waals surface area contributed by atoms with Crippen LogP contribution < -0.4 is 10.6 Å². The van der Waals surface area contributed by atoms with E-state index in [9.17, 15) is 4.79 Å². The summed E-state index contributed by atoms with van der Waals surface area (Å²) in [4.78, 5) is 11.8. The molecule has 1 aromatic rings. The summed E-state index contributed by atoms with van der Waals surface area (Å²) in [5, 5.41) is 32.0. The molecule has 0 aromatic heterocycles. The van der Waals surface area contributed by atoms with E-state index in [1.165, 1.54) is 0 Å². The lowest BCUT2D eigenvalue weighted by Gasteiger charge is -2.10. The molecule has 0 aliphatic rings. The number of nitriles is 3. The fraction of sp³-hybridized carbons (Fsp3) is 0.200. The van der Waals surface area contributed by atoms with Gasteiger partial charge in [-0.2, -0.15) is 15.8 Å². The average molecular weight is 279 g/mol. The van der Waals surface area contributed by atoms with Crippen molar-refractivity contribution in [2.75, 3.05) is 11.9 Å². The van der Waals surface area contributed by atoms with E-state index in [4.69, 9.17) is 15.8 Å². The topological polar surface area (TPSA) is 112 Å². The maximum Gasteiger partial charge on any atom is 0.251 e. The van der Waals surface area contributed by atoms with Crippen molar-refractivity contribution in [3.8, 4) is 18.2 Å². The van der Waals surface area contributed by atoms with Gasteiger partial charge in [-0.15, -0.1) is 0 Å². The Hall–Kier alpha value is -3.30. The van der Waals surface area contributed by atoms with Crippen molar-refractivity contribution < 1.29 is 4.79 Å². The first-order chi connectivity index (χ1) is 10.1. The van der Waals surface area contributed by atoms with E-state index in [1.54, 1.807) is 43.3 Å². The van der Waals surface area contributed by atoms with Crippen LogP contribution >= 0.6 is 0 Å². The van der Waals surface area contributed by atoms with Crippen LogP contribution in [-0.2, 0) is 0 Å². The summed E-state index contributed by atoms with van der Waals surface area (Å²) in [6, 6.07) is 10.0. The first kappa shape index (κ1) is 15.8. The number of nitrogens with one attached hydrogen (secondary N) is 2. The number of carbonyl (C=O) groups is 1. The van der Waals surface area contributed by atoms with Gasteiger partial charge >= 0.3 is 0 Å². The van der Waals surface area contributed by atoms with Crippen LogP contribution in [0.5, 0.6) is 0 Å². The summed E-state index contributed by atoms with van der Waals surface area (Å²) < 4.78 is 0. The van der Waals surface area contributed by atoms with Crippen LogP contribution in [0.15, 0.2) is 29.5 Å². The molecule has 0 aliphatic carbocycles. The van der Waals surface area contributed by atoms with E-state index in [-0.39, 0.29) is 17.2 Å². The normalized spacial score (nSPS) is 8.71. The predicted octanol–water partition coefficient (Wildman–Crippen LogP) is 1.98. The molecule has 0 saturated heterocycles. The molecule has 0 fully saturated rings. The molecule has 0 heterocycles. The van der Waals surface area contributed by atoms with E-state index in [0.29, 0.717) is 17.8 Å². The van der Waals surface area contributed by atoms with Gasteiger partial charge in [0.25, 0.3) is 5.91 Å². The maximum atomic E-state index is 11.8. The number of nitrogens with zero attached hydrogens (tertiary/aromatic N) is 3. The number of rotatable bonds is 4. The second kappa shape index (κ2) is 7.33. The van der Waals surface area contributed by atoms with Gasteiger partial charge in [-0.25, -0.2) is 0 Å². The van der Waals surface area contributed by atoms with Gasteiger partial charge in [0.2, 0.25) is 0 Å².